The largest absolute Gasteiger partial charge is 0.369 e. The van der Waals surface area contributed by atoms with E-state index in [2.05, 4.69) is 28.1 Å². The van der Waals surface area contributed by atoms with Gasteiger partial charge in [0, 0.05) is 36.9 Å². The Morgan fingerprint density at radius 1 is 1.19 bits per heavy atom. The lowest BCUT2D eigenvalue weighted by Gasteiger charge is -2.39. The number of hydrogen-bond acceptors (Lipinski definition) is 4. The number of aryl methyl sites for hydroxylation is 1. The van der Waals surface area contributed by atoms with Gasteiger partial charge in [-0.3, -0.25) is 9.69 Å². The van der Waals surface area contributed by atoms with E-state index in [1.54, 1.807) is 18.2 Å². The van der Waals surface area contributed by atoms with Gasteiger partial charge in [-0.1, -0.05) is 29.8 Å². The van der Waals surface area contributed by atoms with Crippen LogP contribution in [0.3, 0.4) is 0 Å². The van der Waals surface area contributed by atoms with Crippen LogP contribution in [-0.2, 0) is 4.79 Å². The second kappa shape index (κ2) is 8.43. The van der Waals surface area contributed by atoms with Crippen molar-refractivity contribution in [2.24, 2.45) is 0 Å². The van der Waals surface area contributed by atoms with Gasteiger partial charge in [0.2, 0.25) is 5.91 Å². The Bertz CT molecular complexity index is 869. The van der Waals surface area contributed by atoms with Crippen molar-refractivity contribution in [2.45, 2.75) is 19.9 Å². The topological polar surface area (TPSA) is 59.4 Å². The van der Waals surface area contributed by atoms with Crippen LogP contribution in [0.1, 0.15) is 18.1 Å². The highest BCUT2D eigenvalue weighted by Crippen LogP contribution is 2.25. The monoisotopic (exact) mass is 382 g/mol. The van der Waals surface area contributed by atoms with Gasteiger partial charge in [-0.2, -0.15) is 5.26 Å². The standard InChI is InChI=1S/C21H23ClN4O/c1-15-7-8-18(22)13-20(15)26-11-9-25(10-12-26)16(2)21(27)24-19-6-4-3-5-17(19)14-23/h3-8,13,16H,9-12H2,1-2H3,(H,24,27)/t16-/m1/s1. The lowest BCUT2D eigenvalue weighted by Crippen LogP contribution is -2.53. The maximum absolute atomic E-state index is 12.6. The molecule has 1 N–H and O–H groups in total. The summed E-state index contributed by atoms with van der Waals surface area (Å²) in [6.45, 7) is 7.26. The summed E-state index contributed by atoms with van der Waals surface area (Å²) in [4.78, 5) is 17.1. The van der Waals surface area contributed by atoms with Gasteiger partial charge in [0.05, 0.1) is 17.3 Å². The molecule has 6 heteroatoms. The van der Waals surface area contributed by atoms with Crippen LogP contribution in [0, 0.1) is 18.3 Å². The maximum atomic E-state index is 12.6. The molecule has 27 heavy (non-hydrogen) atoms. The Kier molecular flexibility index (Phi) is 6.00. The Morgan fingerprint density at radius 3 is 2.59 bits per heavy atom. The minimum absolute atomic E-state index is 0.0925. The Balaban J connectivity index is 1.61. The second-order valence-corrected chi connectivity index (χ2v) is 7.21. The maximum Gasteiger partial charge on any atom is 0.241 e. The molecular formula is C21H23ClN4O. The predicted molar refractivity (Wildman–Crippen MR) is 109 cm³/mol. The zero-order valence-electron chi connectivity index (χ0n) is 15.6. The first kappa shape index (κ1) is 19.2. The molecule has 1 aliphatic heterocycles. The fraction of sp³-hybridized carbons (Fsp3) is 0.333. The van der Waals surface area contributed by atoms with E-state index in [0.717, 1.165) is 36.9 Å². The number of halogens is 1. The third-order valence-electron chi connectivity index (χ3n) is 5.06. The highest BCUT2D eigenvalue weighted by Gasteiger charge is 2.26. The zero-order valence-corrected chi connectivity index (χ0v) is 16.3. The summed E-state index contributed by atoms with van der Waals surface area (Å²) < 4.78 is 0. The van der Waals surface area contributed by atoms with Crippen molar-refractivity contribution in [3.05, 3.63) is 58.6 Å². The summed E-state index contributed by atoms with van der Waals surface area (Å²) in [5.74, 6) is -0.0925. The van der Waals surface area contributed by atoms with E-state index < -0.39 is 0 Å². The van der Waals surface area contributed by atoms with E-state index in [-0.39, 0.29) is 11.9 Å². The van der Waals surface area contributed by atoms with E-state index in [1.807, 2.05) is 31.2 Å². The molecule has 140 valence electrons. The molecule has 3 rings (SSSR count). The summed E-state index contributed by atoms with van der Waals surface area (Å²) in [5.41, 5.74) is 3.39. The highest BCUT2D eigenvalue weighted by atomic mass is 35.5. The van der Waals surface area contributed by atoms with Gasteiger partial charge < -0.3 is 10.2 Å². The number of rotatable bonds is 4. The minimum Gasteiger partial charge on any atom is -0.369 e. The first-order valence-corrected chi connectivity index (χ1v) is 9.42. The van der Waals surface area contributed by atoms with E-state index in [1.165, 1.54) is 5.56 Å². The average molecular weight is 383 g/mol. The summed E-state index contributed by atoms with van der Waals surface area (Å²) in [5, 5.41) is 12.8. The molecule has 1 amide bonds. The predicted octanol–water partition coefficient (Wildman–Crippen LogP) is 3.67. The van der Waals surface area contributed by atoms with E-state index >= 15 is 0 Å². The van der Waals surface area contributed by atoms with Gasteiger partial charge in [-0.25, -0.2) is 0 Å². The first-order valence-electron chi connectivity index (χ1n) is 9.04. The first-order chi connectivity index (χ1) is 13.0. The number of piperazine rings is 1. The van der Waals surface area contributed by atoms with E-state index in [4.69, 9.17) is 11.6 Å². The number of carbonyl (C=O) groups is 1. The number of nitrogens with one attached hydrogen (secondary N) is 1. The van der Waals surface area contributed by atoms with Crippen LogP contribution in [0.2, 0.25) is 5.02 Å². The highest BCUT2D eigenvalue weighted by molar-refractivity contribution is 6.30. The molecule has 0 aromatic heterocycles. The molecule has 1 heterocycles. The van der Waals surface area contributed by atoms with Crippen LogP contribution in [0.5, 0.6) is 0 Å². The minimum atomic E-state index is -0.264. The van der Waals surface area contributed by atoms with Crippen molar-refractivity contribution in [1.29, 1.82) is 5.26 Å². The third kappa shape index (κ3) is 4.41. The SMILES string of the molecule is Cc1ccc(Cl)cc1N1CCN([C@H](C)C(=O)Nc2ccccc2C#N)CC1. The third-order valence-corrected chi connectivity index (χ3v) is 5.29. The molecule has 2 aromatic carbocycles. The molecular weight excluding hydrogens is 360 g/mol. The molecule has 1 fully saturated rings. The van der Waals surface area contributed by atoms with E-state index in [0.29, 0.717) is 11.3 Å². The molecule has 0 bridgehead atoms. The summed E-state index contributed by atoms with van der Waals surface area (Å²) >= 11 is 6.15. The Hall–Kier alpha value is -2.55. The zero-order chi connectivity index (χ0) is 19.4. The lowest BCUT2D eigenvalue weighted by molar-refractivity contribution is -0.120. The van der Waals surface area contributed by atoms with Gasteiger partial charge >= 0.3 is 0 Å². The molecule has 1 atom stereocenters. The van der Waals surface area contributed by atoms with Gasteiger partial charge in [-0.15, -0.1) is 0 Å². The quantitative estimate of drug-likeness (QED) is 0.876. The van der Waals surface area contributed by atoms with Gasteiger partial charge in [-0.05, 0) is 43.7 Å². The van der Waals surface area contributed by atoms with E-state index in [9.17, 15) is 10.1 Å². The molecule has 0 saturated carbocycles. The number of nitriles is 1. The fourth-order valence-electron chi connectivity index (χ4n) is 3.37. The van der Waals surface area contributed by atoms with Gasteiger partial charge in [0.15, 0.2) is 0 Å². The molecule has 0 radical (unpaired) electrons. The Morgan fingerprint density at radius 2 is 1.89 bits per heavy atom. The van der Waals surface area contributed by atoms with Gasteiger partial charge in [0.25, 0.3) is 0 Å². The van der Waals surface area contributed by atoms with Crippen molar-refractivity contribution in [1.82, 2.24) is 4.90 Å². The number of hydrogen-bond donors (Lipinski definition) is 1. The number of amides is 1. The van der Waals surface area contributed by atoms with Crippen molar-refractivity contribution in [2.75, 3.05) is 36.4 Å². The fourth-order valence-corrected chi connectivity index (χ4v) is 3.53. The van der Waals surface area contributed by atoms with Crippen LogP contribution >= 0.6 is 11.6 Å². The molecule has 0 aliphatic carbocycles. The number of carbonyl (C=O) groups excluding carboxylic acids is 1. The smallest absolute Gasteiger partial charge is 0.241 e. The Labute approximate surface area is 165 Å². The molecule has 2 aromatic rings. The van der Waals surface area contributed by atoms with Crippen LogP contribution in [-0.4, -0.2) is 43.0 Å². The second-order valence-electron chi connectivity index (χ2n) is 6.78. The number of benzene rings is 2. The van der Waals surface area contributed by atoms with Crippen molar-refractivity contribution >= 4 is 28.9 Å². The van der Waals surface area contributed by atoms with Crippen molar-refractivity contribution < 1.29 is 4.79 Å². The van der Waals surface area contributed by atoms with Crippen LogP contribution in [0.25, 0.3) is 0 Å². The molecule has 0 spiro atoms. The van der Waals surface area contributed by atoms with Gasteiger partial charge in [0.1, 0.15) is 6.07 Å². The molecule has 1 aliphatic rings. The van der Waals surface area contributed by atoms with Crippen LogP contribution in [0.4, 0.5) is 11.4 Å². The summed E-state index contributed by atoms with van der Waals surface area (Å²) in [6.07, 6.45) is 0. The molecule has 5 nitrogen and oxygen atoms in total. The average Bonchev–Trinajstić information content (AvgIpc) is 2.69. The van der Waals surface area contributed by atoms with Crippen molar-refractivity contribution in [3.63, 3.8) is 0 Å². The van der Waals surface area contributed by atoms with Crippen LogP contribution < -0.4 is 10.2 Å². The summed E-state index contributed by atoms with van der Waals surface area (Å²) in [7, 11) is 0. The van der Waals surface area contributed by atoms with Crippen molar-refractivity contribution in [3.8, 4) is 6.07 Å². The number of nitrogens with zero attached hydrogens (tertiary/aromatic N) is 3. The normalized spacial score (nSPS) is 15.9. The van der Waals surface area contributed by atoms with Crippen LogP contribution in [0.15, 0.2) is 42.5 Å². The number of para-hydroxylation sites is 1. The summed E-state index contributed by atoms with van der Waals surface area (Å²) in [6, 6.07) is 14.8. The number of anilines is 2. The molecule has 0 unspecified atom stereocenters. The lowest BCUT2D eigenvalue weighted by atomic mass is 10.1. The molecule has 1 saturated heterocycles.